The van der Waals surface area contributed by atoms with Crippen LogP contribution in [-0.4, -0.2) is 26.0 Å². The molecule has 5 heteroatoms. The van der Waals surface area contributed by atoms with Gasteiger partial charge >= 0.3 is 0 Å². The fourth-order valence-electron chi connectivity index (χ4n) is 1.97. The Morgan fingerprint density at radius 3 is 2.40 bits per heavy atom. The first kappa shape index (κ1) is 16.0. The molecule has 0 saturated carbocycles. The predicted molar refractivity (Wildman–Crippen MR) is 79.1 cm³/mol. The third-order valence-corrected chi connectivity index (χ3v) is 3.31. The Bertz CT molecular complexity index is 482. The van der Waals surface area contributed by atoms with Crippen LogP contribution in [0.3, 0.4) is 0 Å². The Labute approximate surface area is 119 Å². The van der Waals surface area contributed by atoms with E-state index in [4.69, 9.17) is 4.74 Å². The van der Waals surface area contributed by atoms with E-state index in [0.717, 1.165) is 12.8 Å². The lowest BCUT2D eigenvalue weighted by Gasteiger charge is -2.15. The Hall–Kier alpha value is -2.04. The normalized spacial score (nSPS) is 10.2. The van der Waals surface area contributed by atoms with Gasteiger partial charge < -0.3 is 15.4 Å². The lowest BCUT2D eigenvalue weighted by Crippen LogP contribution is -2.22. The van der Waals surface area contributed by atoms with Crippen LogP contribution in [0.15, 0.2) is 18.2 Å². The van der Waals surface area contributed by atoms with E-state index in [1.54, 1.807) is 25.2 Å². The molecule has 0 atom stereocenters. The highest BCUT2D eigenvalue weighted by atomic mass is 16.5. The Morgan fingerprint density at radius 1 is 1.25 bits per heavy atom. The van der Waals surface area contributed by atoms with Gasteiger partial charge in [0.1, 0.15) is 5.75 Å². The molecule has 0 bridgehead atoms. The molecule has 0 saturated heterocycles. The molecule has 5 nitrogen and oxygen atoms in total. The fourth-order valence-corrected chi connectivity index (χ4v) is 1.97. The molecular weight excluding hydrogens is 256 g/mol. The third-order valence-electron chi connectivity index (χ3n) is 3.31. The zero-order valence-corrected chi connectivity index (χ0v) is 12.4. The summed E-state index contributed by atoms with van der Waals surface area (Å²) in [6.45, 7) is 3.97. The van der Waals surface area contributed by atoms with Crippen LogP contribution in [0.1, 0.15) is 37.0 Å². The van der Waals surface area contributed by atoms with E-state index in [0.29, 0.717) is 17.0 Å². The number of carbonyl (C=O) groups is 2. The average molecular weight is 278 g/mol. The smallest absolute Gasteiger partial charge is 0.251 e. The van der Waals surface area contributed by atoms with Crippen LogP contribution in [0.2, 0.25) is 0 Å². The highest BCUT2D eigenvalue weighted by Gasteiger charge is 2.16. The fraction of sp³-hybridized carbons (Fsp3) is 0.467. The summed E-state index contributed by atoms with van der Waals surface area (Å²) >= 11 is 0. The second-order valence-corrected chi connectivity index (χ2v) is 4.50. The van der Waals surface area contributed by atoms with Gasteiger partial charge in [0.15, 0.2) is 0 Å². The average Bonchev–Trinajstić information content (AvgIpc) is 2.48. The minimum atomic E-state index is -0.193. The van der Waals surface area contributed by atoms with Gasteiger partial charge in [0.2, 0.25) is 5.91 Å². The molecule has 0 heterocycles. The maximum absolute atomic E-state index is 12.1. The molecule has 1 aromatic carbocycles. The molecule has 0 aliphatic rings. The molecule has 0 unspecified atom stereocenters. The number of amides is 2. The van der Waals surface area contributed by atoms with Crippen LogP contribution >= 0.6 is 0 Å². The minimum Gasteiger partial charge on any atom is -0.495 e. The Balaban J connectivity index is 2.96. The minimum absolute atomic E-state index is 0.0154. The molecule has 0 radical (unpaired) electrons. The summed E-state index contributed by atoms with van der Waals surface area (Å²) in [5.41, 5.74) is 1.07. The number of anilines is 1. The van der Waals surface area contributed by atoms with Gasteiger partial charge in [0, 0.05) is 18.5 Å². The lowest BCUT2D eigenvalue weighted by atomic mass is 10.0. The second-order valence-electron chi connectivity index (χ2n) is 4.50. The highest BCUT2D eigenvalue weighted by Crippen LogP contribution is 2.26. The zero-order valence-electron chi connectivity index (χ0n) is 12.4. The SMILES string of the molecule is CCC(CC)C(=O)Nc1ccc(C(=O)NC)cc1OC. The second kappa shape index (κ2) is 7.53. The van der Waals surface area contributed by atoms with Gasteiger partial charge in [-0.3, -0.25) is 9.59 Å². The summed E-state index contributed by atoms with van der Waals surface area (Å²) in [4.78, 5) is 23.6. The Morgan fingerprint density at radius 2 is 1.90 bits per heavy atom. The number of methoxy groups -OCH3 is 1. The van der Waals surface area contributed by atoms with E-state index in [9.17, 15) is 9.59 Å². The van der Waals surface area contributed by atoms with Crippen LogP contribution in [0, 0.1) is 5.92 Å². The van der Waals surface area contributed by atoms with Gasteiger partial charge in [-0.1, -0.05) is 13.8 Å². The molecule has 1 rings (SSSR count). The number of rotatable bonds is 6. The number of carbonyl (C=O) groups excluding carboxylic acids is 2. The molecule has 0 aliphatic carbocycles. The van der Waals surface area contributed by atoms with E-state index in [1.165, 1.54) is 7.11 Å². The third kappa shape index (κ3) is 3.73. The highest BCUT2D eigenvalue weighted by molar-refractivity contribution is 5.97. The molecule has 0 spiro atoms. The molecule has 2 N–H and O–H groups in total. The summed E-state index contributed by atoms with van der Waals surface area (Å²) < 4.78 is 5.23. The quantitative estimate of drug-likeness (QED) is 0.839. The topological polar surface area (TPSA) is 67.4 Å². The summed E-state index contributed by atoms with van der Waals surface area (Å²) in [5, 5.41) is 5.40. The first-order chi connectivity index (χ1) is 9.57. The van der Waals surface area contributed by atoms with E-state index in [-0.39, 0.29) is 17.7 Å². The molecule has 0 aliphatic heterocycles. The number of benzene rings is 1. The number of nitrogens with one attached hydrogen (secondary N) is 2. The van der Waals surface area contributed by atoms with Crippen molar-refractivity contribution in [2.45, 2.75) is 26.7 Å². The monoisotopic (exact) mass is 278 g/mol. The van der Waals surface area contributed by atoms with Crippen molar-refractivity contribution in [1.29, 1.82) is 0 Å². The van der Waals surface area contributed by atoms with Gasteiger partial charge in [-0.15, -0.1) is 0 Å². The van der Waals surface area contributed by atoms with Crippen LogP contribution in [0.5, 0.6) is 5.75 Å². The van der Waals surface area contributed by atoms with Crippen molar-refractivity contribution in [3.63, 3.8) is 0 Å². The molecule has 0 aromatic heterocycles. The van der Waals surface area contributed by atoms with Gasteiger partial charge in [0.05, 0.1) is 12.8 Å². The number of hydrogen-bond donors (Lipinski definition) is 2. The van der Waals surface area contributed by atoms with Crippen molar-refractivity contribution in [1.82, 2.24) is 5.32 Å². The summed E-state index contributed by atoms with van der Waals surface area (Å²) in [5.74, 6) is 0.242. The zero-order chi connectivity index (χ0) is 15.1. The van der Waals surface area contributed by atoms with Crippen LogP contribution < -0.4 is 15.4 Å². The maximum atomic E-state index is 12.1. The van der Waals surface area contributed by atoms with Crippen molar-refractivity contribution < 1.29 is 14.3 Å². The van der Waals surface area contributed by atoms with Crippen molar-refractivity contribution in [2.75, 3.05) is 19.5 Å². The van der Waals surface area contributed by atoms with Crippen molar-refractivity contribution in [3.05, 3.63) is 23.8 Å². The molecule has 20 heavy (non-hydrogen) atoms. The Kier molecular flexibility index (Phi) is 6.03. The van der Waals surface area contributed by atoms with E-state index in [2.05, 4.69) is 10.6 Å². The van der Waals surface area contributed by atoms with E-state index < -0.39 is 0 Å². The summed E-state index contributed by atoms with van der Waals surface area (Å²) in [7, 11) is 3.08. The number of ether oxygens (including phenoxy) is 1. The van der Waals surface area contributed by atoms with Gasteiger partial charge in [-0.2, -0.15) is 0 Å². The standard InChI is InChI=1S/C15H22N2O3/c1-5-10(6-2)15(19)17-12-8-7-11(14(18)16-3)9-13(12)20-4/h7-10H,5-6H2,1-4H3,(H,16,18)(H,17,19). The van der Waals surface area contributed by atoms with Crippen molar-refractivity contribution in [3.8, 4) is 5.75 Å². The first-order valence-electron chi connectivity index (χ1n) is 6.78. The van der Waals surface area contributed by atoms with Gasteiger partial charge in [0.25, 0.3) is 5.91 Å². The maximum Gasteiger partial charge on any atom is 0.251 e. The molecule has 1 aromatic rings. The van der Waals surface area contributed by atoms with Crippen LogP contribution in [-0.2, 0) is 4.79 Å². The summed E-state index contributed by atoms with van der Waals surface area (Å²) in [6.07, 6.45) is 1.59. The van der Waals surface area contributed by atoms with Crippen molar-refractivity contribution in [2.24, 2.45) is 5.92 Å². The lowest BCUT2D eigenvalue weighted by molar-refractivity contribution is -0.120. The van der Waals surface area contributed by atoms with E-state index in [1.807, 2.05) is 13.8 Å². The van der Waals surface area contributed by atoms with Gasteiger partial charge in [-0.05, 0) is 31.0 Å². The van der Waals surface area contributed by atoms with E-state index >= 15 is 0 Å². The largest absolute Gasteiger partial charge is 0.495 e. The summed E-state index contributed by atoms with van der Waals surface area (Å²) in [6, 6.07) is 4.95. The molecule has 110 valence electrons. The molecule has 0 fully saturated rings. The molecular formula is C15H22N2O3. The number of hydrogen-bond acceptors (Lipinski definition) is 3. The van der Waals surface area contributed by atoms with Crippen molar-refractivity contribution >= 4 is 17.5 Å². The predicted octanol–water partition coefficient (Wildman–Crippen LogP) is 2.43. The van der Waals surface area contributed by atoms with Crippen LogP contribution in [0.4, 0.5) is 5.69 Å². The van der Waals surface area contributed by atoms with Gasteiger partial charge in [-0.25, -0.2) is 0 Å². The first-order valence-corrected chi connectivity index (χ1v) is 6.78. The van der Waals surface area contributed by atoms with Crippen LogP contribution in [0.25, 0.3) is 0 Å². The molecule has 2 amide bonds.